The molecule has 0 aliphatic carbocycles. The first-order valence-electron chi connectivity index (χ1n) is 6.44. The van der Waals surface area contributed by atoms with Gasteiger partial charge in [0.15, 0.2) is 5.76 Å². The zero-order valence-electron chi connectivity index (χ0n) is 10.7. The van der Waals surface area contributed by atoms with Crippen molar-refractivity contribution in [3.63, 3.8) is 0 Å². The Labute approximate surface area is 107 Å². The van der Waals surface area contributed by atoms with Crippen molar-refractivity contribution in [2.45, 2.75) is 19.8 Å². The highest BCUT2D eigenvalue weighted by molar-refractivity contribution is 5.91. The lowest BCUT2D eigenvalue weighted by Gasteiger charge is -2.25. The number of nitrogens with zero attached hydrogens (tertiary/aromatic N) is 1. The Bertz CT molecular complexity index is 416. The minimum atomic E-state index is -0.0477. The van der Waals surface area contributed by atoms with E-state index >= 15 is 0 Å². The molecule has 2 rings (SSSR count). The van der Waals surface area contributed by atoms with Crippen LogP contribution in [0.25, 0.3) is 6.08 Å². The quantitative estimate of drug-likeness (QED) is 0.823. The van der Waals surface area contributed by atoms with Gasteiger partial charge in [0, 0.05) is 13.1 Å². The molecule has 0 atom stereocenters. The molecule has 1 saturated heterocycles. The van der Waals surface area contributed by atoms with Crippen LogP contribution < -0.4 is 0 Å². The van der Waals surface area contributed by atoms with Gasteiger partial charge in [-0.25, -0.2) is 0 Å². The lowest BCUT2D eigenvalue weighted by molar-refractivity contribution is 0.0282. The fourth-order valence-electron chi connectivity index (χ4n) is 1.85. The predicted molar refractivity (Wildman–Crippen MR) is 69.4 cm³/mol. The van der Waals surface area contributed by atoms with Gasteiger partial charge in [-0.3, -0.25) is 4.79 Å². The molecule has 98 valence electrons. The van der Waals surface area contributed by atoms with Crippen LogP contribution in [-0.2, 0) is 4.74 Å². The molecule has 1 aromatic rings. The summed E-state index contributed by atoms with van der Waals surface area (Å²) in [6.07, 6.45) is 6.10. The highest BCUT2D eigenvalue weighted by atomic mass is 16.5. The van der Waals surface area contributed by atoms with Crippen LogP contribution in [0.4, 0.5) is 0 Å². The Morgan fingerprint density at radius 2 is 2.17 bits per heavy atom. The van der Waals surface area contributed by atoms with Gasteiger partial charge in [-0.1, -0.05) is 19.4 Å². The van der Waals surface area contributed by atoms with Gasteiger partial charge in [-0.2, -0.15) is 0 Å². The molecule has 0 bridgehead atoms. The van der Waals surface area contributed by atoms with E-state index in [-0.39, 0.29) is 5.91 Å². The molecule has 0 unspecified atom stereocenters. The van der Waals surface area contributed by atoms with Crippen molar-refractivity contribution in [2.24, 2.45) is 0 Å². The van der Waals surface area contributed by atoms with E-state index in [1.54, 1.807) is 11.0 Å². The zero-order valence-corrected chi connectivity index (χ0v) is 10.7. The Morgan fingerprint density at radius 3 is 2.89 bits per heavy atom. The summed E-state index contributed by atoms with van der Waals surface area (Å²) in [7, 11) is 0. The summed E-state index contributed by atoms with van der Waals surface area (Å²) in [6.45, 7) is 4.62. The second-order valence-electron chi connectivity index (χ2n) is 4.30. The Kier molecular flexibility index (Phi) is 4.59. The third-order valence-corrected chi connectivity index (χ3v) is 2.87. The summed E-state index contributed by atoms with van der Waals surface area (Å²) < 4.78 is 10.7. The number of ether oxygens (including phenoxy) is 1. The summed E-state index contributed by atoms with van der Waals surface area (Å²) >= 11 is 0. The Morgan fingerprint density at radius 1 is 1.39 bits per heavy atom. The number of carbonyl (C=O) groups excluding carboxylic acids is 1. The zero-order chi connectivity index (χ0) is 12.8. The van der Waals surface area contributed by atoms with Crippen LogP contribution in [0.5, 0.6) is 0 Å². The van der Waals surface area contributed by atoms with E-state index in [2.05, 4.69) is 13.0 Å². The number of hydrogen-bond acceptors (Lipinski definition) is 3. The molecule has 18 heavy (non-hydrogen) atoms. The molecule has 2 heterocycles. The number of morpholine rings is 1. The maximum Gasteiger partial charge on any atom is 0.289 e. The summed E-state index contributed by atoms with van der Waals surface area (Å²) in [5.74, 6) is 1.10. The smallest absolute Gasteiger partial charge is 0.289 e. The fraction of sp³-hybridized carbons (Fsp3) is 0.500. The van der Waals surface area contributed by atoms with Gasteiger partial charge in [-0.05, 0) is 24.6 Å². The van der Waals surface area contributed by atoms with E-state index in [1.165, 1.54) is 0 Å². The minimum absolute atomic E-state index is 0.0477. The van der Waals surface area contributed by atoms with Crippen molar-refractivity contribution < 1.29 is 13.9 Å². The van der Waals surface area contributed by atoms with E-state index in [4.69, 9.17) is 9.15 Å². The summed E-state index contributed by atoms with van der Waals surface area (Å²) in [4.78, 5) is 13.9. The average molecular weight is 249 g/mol. The lowest BCUT2D eigenvalue weighted by Crippen LogP contribution is -2.40. The number of allylic oxidation sites excluding steroid dienone is 1. The van der Waals surface area contributed by atoms with Crippen molar-refractivity contribution in [3.8, 4) is 0 Å². The molecule has 1 fully saturated rings. The molecule has 0 radical (unpaired) electrons. The highest BCUT2D eigenvalue weighted by Gasteiger charge is 2.20. The maximum absolute atomic E-state index is 12.1. The van der Waals surface area contributed by atoms with Crippen LogP contribution in [0.2, 0.25) is 0 Å². The molecular formula is C14H19NO3. The number of amides is 1. The Balaban J connectivity index is 1.98. The van der Waals surface area contributed by atoms with Crippen LogP contribution >= 0.6 is 0 Å². The molecule has 4 nitrogen and oxygen atoms in total. The second-order valence-corrected chi connectivity index (χ2v) is 4.30. The van der Waals surface area contributed by atoms with Crippen molar-refractivity contribution in [1.82, 2.24) is 4.90 Å². The topological polar surface area (TPSA) is 42.7 Å². The van der Waals surface area contributed by atoms with Crippen LogP contribution in [-0.4, -0.2) is 37.1 Å². The van der Waals surface area contributed by atoms with Crippen LogP contribution in [0.3, 0.4) is 0 Å². The van der Waals surface area contributed by atoms with Crippen molar-refractivity contribution in [2.75, 3.05) is 26.3 Å². The first kappa shape index (κ1) is 12.9. The fourth-order valence-corrected chi connectivity index (χ4v) is 1.85. The predicted octanol–water partition coefficient (Wildman–Crippen LogP) is 2.57. The Hall–Kier alpha value is -1.55. The van der Waals surface area contributed by atoms with E-state index in [1.807, 2.05) is 12.1 Å². The van der Waals surface area contributed by atoms with E-state index in [0.29, 0.717) is 32.1 Å². The molecule has 0 spiro atoms. The molecule has 4 heteroatoms. The lowest BCUT2D eigenvalue weighted by atomic mass is 10.3. The molecule has 0 N–H and O–H groups in total. The SMILES string of the molecule is CCC/C=C/c1ccc(C(=O)N2CCOCC2)o1. The monoisotopic (exact) mass is 249 g/mol. The van der Waals surface area contributed by atoms with Gasteiger partial charge >= 0.3 is 0 Å². The van der Waals surface area contributed by atoms with Crippen molar-refractivity contribution >= 4 is 12.0 Å². The van der Waals surface area contributed by atoms with Gasteiger partial charge in [0.2, 0.25) is 0 Å². The number of carbonyl (C=O) groups is 1. The molecule has 1 amide bonds. The van der Waals surface area contributed by atoms with Gasteiger partial charge in [0.05, 0.1) is 13.2 Å². The molecule has 0 saturated carbocycles. The molecular weight excluding hydrogens is 230 g/mol. The normalized spacial score (nSPS) is 16.4. The first-order chi connectivity index (χ1) is 8.81. The van der Waals surface area contributed by atoms with Crippen molar-refractivity contribution in [1.29, 1.82) is 0 Å². The number of unbranched alkanes of at least 4 members (excludes halogenated alkanes) is 1. The van der Waals surface area contributed by atoms with E-state index < -0.39 is 0 Å². The van der Waals surface area contributed by atoms with Gasteiger partial charge in [0.25, 0.3) is 5.91 Å². The number of hydrogen-bond donors (Lipinski definition) is 0. The second kappa shape index (κ2) is 6.40. The molecule has 1 aliphatic rings. The molecule has 1 aliphatic heterocycles. The minimum Gasteiger partial charge on any atom is -0.452 e. The summed E-state index contributed by atoms with van der Waals surface area (Å²) in [5, 5.41) is 0. The number of furan rings is 1. The standard InChI is InChI=1S/C14H19NO3/c1-2-3-4-5-12-6-7-13(18-12)14(16)15-8-10-17-11-9-15/h4-7H,2-3,8-11H2,1H3/b5-4+. The van der Waals surface area contributed by atoms with Crippen LogP contribution in [0.1, 0.15) is 36.1 Å². The molecule has 1 aromatic heterocycles. The van der Waals surface area contributed by atoms with Crippen molar-refractivity contribution in [3.05, 3.63) is 29.7 Å². The summed E-state index contributed by atoms with van der Waals surface area (Å²) in [6, 6.07) is 3.57. The van der Waals surface area contributed by atoms with Crippen LogP contribution in [0.15, 0.2) is 22.6 Å². The van der Waals surface area contributed by atoms with E-state index in [9.17, 15) is 4.79 Å². The number of rotatable bonds is 4. The van der Waals surface area contributed by atoms with Gasteiger partial charge < -0.3 is 14.1 Å². The maximum atomic E-state index is 12.1. The van der Waals surface area contributed by atoms with Gasteiger partial charge in [-0.15, -0.1) is 0 Å². The van der Waals surface area contributed by atoms with Gasteiger partial charge in [0.1, 0.15) is 5.76 Å². The largest absolute Gasteiger partial charge is 0.452 e. The molecule has 0 aromatic carbocycles. The average Bonchev–Trinajstić information content (AvgIpc) is 2.88. The first-order valence-corrected chi connectivity index (χ1v) is 6.44. The van der Waals surface area contributed by atoms with E-state index in [0.717, 1.165) is 18.6 Å². The highest BCUT2D eigenvalue weighted by Crippen LogP contribution is 2.13. The van der Waals surface area contributed by atoms with Crippen LogP contribution in [0, 0.1) is 0 Å². The summed E-state index contributed by atoms with van der Waals surface area (Å²) in [5.41, 5.74) is 0. The third kappa shape index (κ3) is 3.23. The third-order valence-electron chi connectivity index (χ3n) is 2.87.